The fourth-order valence-corrected chi connectivity index (χ4v) is 2.58. The molecule has 0 saturated carbocycles. The first-order chi connectivity index (χ1) is 9.00. The van der Waals surface area contributed by atoms with Crippen molar-refractivity contribution in [2.75, 3.05) is 5.32 Å². The minimum Gasteiger partial charge on any atom is -0.362 e. The highest BCUT2D eigenvalue weighted by molar-refractivity contribution is 7.10. The molecule has 1 N–H and O–H groups in total. The molecule has 102 valence electrons. The second-order valence-electron chi connectivity index (χ2n) is 4.03. The first kappa shape index (κ1) is 13.9. The van der Waals surface area contributed by atoms with Crippen molar-refractivity contribution < 1.29 is 13.2 Å². The fraction of sp³-hybridized carbons (Fsp3) is 0.308. The van der Waals surface area contributed by atoms with Gasteiger partial charge in [-0.15, -0.1) is 11.3 Å². The van der Waals surface area contributed by atoms with Gasteiger partial charge in [-0.1, -0.05) is 19.1 Å². The molecule has 0 fully saturated rings. The Morgan fingerprint density at radius 3 is 2.63 bits per heavy atom. The van der Waals surface area contributed by atoms with Crippen LogP contribution in [-0.4, -0.2) is 4.98 Å². The Balaban J connectivity index is 2.19. The largest absolute Gasteiger partial charge is 0.433 e. The summed E-state index contributed by atoms with van der Waals surface area (Å²) in [7, 11) is 0. The lowest BCUT2D eigenvalue weighted by Gasteiger charge is -2.17. The molecule has 2 aromatic rings. The quantitative estimate of drug-likeness (QED) is 0.879. The number of hydrogen-bond donors (Lipinski definition) is 1. The van der Waals surface area contributed by atoms with Gasteiger partial charge in [-0.3, -0.25) is 0 Å². The molecule has 2 rings (SSSR count). The Kier molecular flexibility index (Phi) is 4.09. The number of hydrogen-bond acceptors (Lipinski definition) is 3. The highest BCUT2D eigenvalue weighted by Gasteiger charge is 2.32. The molecule has 0 spiro atoms. The molecule has 0 amide bonds. The summed E-state index contributed by atoms with van der Waals surface area (Å²) in [6, 6.07) is 7.74. The van der Waals surface area contributed by atoms with Crippen molar-refractivity contribution in [3.05, 3.63) is 46.3 Å². The zero-order valence-corrected chi connectivity index (χ0v) is 11.1. The number of halogens is 3. The molecule has 2 nitrogen and oxygen atoms in total. The van der Waals surface area contributed by atoms with E-state index in [0.29, 0.717) is 0 Å². The average Bonchev–Trinajstić information content (AvgIpc) is 2.89. The second-order valence-corrected chi connectivity index (χ2v) is 5.01. The molecule has 0 aliphatic rings. The van der Waals surface area contributed by atoms with E-state index in [2.05, 4.69) is 10.3 Å². The maximum atomic E-state index is 12.6. The van der Waals surface area contributed by atoms with Gasteiger partial charge in [0.2, 0.25) is 0 Å². The van der Waals surface area contributed by atoms with Crippen LogP contribution in [0.25, 0.3) is 0 Å². The van der Waals surface area contributed by atoms with Crippen molar-refractivity contribution in [1.29, 1.82) is 0 Å². The van der Waals surface area contributed by atoms with Gasteiger partial charge in [-0.25, -0.2) is 4.98 Å². The summed E-state index contributed by atoms with van der Waals surface area (Å²) in [6.45, 7) is 1.98. The molecule has 1 unspecified atom stereocenters. The summed E-state index contributed by atoms with van der Waals surface area (Å²) < 4.78 is 37.7. The van der Waals surface area contributed by atoms with Crippen molar-refractivity contribution in [1.82, 2.24) is 4.98 Å². The van der Waals surface area contributed by atoms with Crippen LogP contribution in [0.1, 0.15) is 30.0 Å². The molecule has 0 saturated heterocycles. The van der Waals surface area contributed by atoms with Crippen molar-refractivity contribution in [3.8, 4) is 0 Å². The number of alkyl halides is 3. The maximum Gasteiger partial charge on any atom is 0.433 e. The lowest BCUT2D eigenvalue weighted by molar-refractivity contribution is -0.141. The van der Waals surface area contributed by atoms with Crippen LogP contribution >= 0.6 is 11.3 Å². The average molecular weight is 286 g/mol. The van der Waals surface area contributed by atoms with Crippen molar-refractivity contribution >= 4 is 17.2 Å². The van der Waals surface area contributed by atoms with Gasteiger partial charge in [-0.2, -0.15) is 13.2 Å². The Bertz CT molecular complexity index is 523. The van der Waals surface area contributed by atoms with E-state index < -0.39 is 11.9 Å². The van der Waals surface area contributed by atoms with E-state index in [9.17, 15) is 13.2 Å². The number of nitrogens with one attached hydrogen (secondary N) is 1. The Labute approximate surface area is 113 Å². The predicted molar refractivity (Wildman–Crippen MR) is 70.2 cm³/mol. The van der Waals surface area contributed by atoms with Crippen molar-refractivity contribution in [3.63, 3.8) is 0 Å². The number of thiophene rings is 1. The zero-order chi connectivity index (χ0) is 13.9. The Morgan fingerprint density at radius 1 is 1.26 bits per heavy atom. The van der Waals surface area contributed by atoms with E-state index in [0.717, 1.165) is 17.4 Å². The third kappa shape index (κ3) is 3.47. The highest BCUT2D eigenvalue weighted by Crippen LogP contribution is 2.30. The van der Waals surface area contributed by atoms with Gasteiger partial charge in [0.05, 0.1) is 6.04 Å². The van der Waals surface area contributed by atoms with Crippen LogP contribution in [0.3, 0.4) is 0 Å². The maximum absolute atomic E-state index is 12.6. The Morgan fingerprint density at radius 2 is 2.05 bits per heavy atom. The number of nitrogens with zero attached hydrogens (tertiary/aromatic N) is 1. The molecule has 2 heterocycles. The normalized spacial score (nSPS) is 13.3. The van der Waals surface area contributed by atoms with E-state index in [1.54, 1.807) is 17.4 Å². The third-order valence-electron chi connectivity index (χ3n) is 2.66. The standard InChI is InChI=1S/C13H13F3N2S/c1-2-9(10-5-4-8-19-10)17-12-7-3-6-11(18-12)13(14,15)16/h3-9H,2H2,1H3,(H,17,18). The summed E-state index contributed by atoms with van der Waals surface area (Å²) >= 11 is 1.57. The summed E-state index contributed by atoms with van der Waals surface area (Å²) in [5.74, 6) is 0.245. The van der Waals surface area contributed by atoms with E-state index >= 15 is 0 Å². The smallest absolute Gasteiger partial charge is 0.362 e. The van der Waals surface area contributed by atoms with Crippen LogP contribution in [0.4, 0.5) is 19.0 Å². The minimum atomic E-state index is -4.41. The van der Waals surface area contributed by atoms with Gasteiger partial charge in [-0.05, 0) is 30.0 Å². The van der Waals surface area contributed by atoms with Gasteiger partial charge in [0.15, 0.2) is 0 Å². The lowest BCUT2D eigenvalue weighted by Crippen LogP contribution is -2.13. The predicted octanol–water partition coefficient (Wildman–Crippen LogP) is 4.73. The topological polar surface area (TPSA) is 24.9 Å². The fourth-order valence-electron chi connectivity index (χ4n) is 1.72. The van der Waals surface area contributed by atoms with Gasteiger partial charge >= 0.3 is 6.18 Å². The molecule has 2 aromatic heterocycles. The van der Waals surface area contributed by atoms with Crippen LogP contribution in [0, 0.1) is 0 Å². The van der Waals surface area contributed by atoms with Crippen LogP contribution < -0.4 is 5.32 Å². The lowest BCUT2D eigenvalue weighted by atomic mass is 10.2. The molecule has 0 bridgehead atoms. The number of anilines is 1. The second kappa shape index (κ2) is 5.61. The molecule has 0 aliphatic heterocycles. The summed E-state index contributed by atoms with van der Waals surface area (Å²) in [6.07, 6.45) is -3.64. The van der Waals surface area contributed by atoms with Crippen LogP contribution in [0.5, 0.6) is 0 Å². The summed E-state index contributed by atoms with van der Waals surface area (Å²) in [5.41, 5.74) is -0.876. The zero-order valence-electron chi connectivity index (χ0n) is 10.2. The van der Waals surface area contributed by atoms with Crippen LogP contribution in [0.15, 0.2) is 35.7 Å². The molecule has 19 heavy (non-hydrogen) atoms. The molecule has 0 aromatic carbocycles. The van der Waals surface area contributed by atoms with Gasteiger partial charge in [0.25, 0.3) is 0 Å². The van der Waals surface area contributed by atoms with E-state index in [1.165, 1.54) is 6.07 Å². The first-order valence-electron chi connectivity index (χ1n) is 5.85. The summed E-state index contributed by atoms with van der Waals surface area (Å²) in [5, 5.41) is 4.99. The highest BCUT2D eigenvalue weighted by atomic mass is 32.1. The molecule has 0 radical (unpaired) electrons. The van der Waals surface area contributed by atoms with Crippen LogP contribution in [-0.2, 0) is 6.18 Å². The number of pyridine rings is 1. The minimum absolute atomic E-state index is 0.0176. The molecule has 6 heteroatoms. The third-order valence-corrected chi connectivity index (χ3v) is 3.64. The molecular weight excluding hydrogens is 273 g/mol. The van der Waals surface area contributed by atoms with Gasteiger partial charge < -0.3 is 5.32 Å². The number of aromatic nitrogens is 1. The molecular formula is C13H13F3N2S. The monoisotopic (exact) mass is 286 g/mol. The van der Waals surface area contributed by atoms with Crippen molar-refractivity contribution in [2.24, 2.45) is 0 Å². The molecule has 0 aliphatic carbocycles. The van der Waals surface area contributed by atoms with E-state index in [4.69, 9.17) is 0 Å². The van der Waals surface area contributed by atoms with E-state index in [-0.39, 0.29) is 11.9 Å². The number of rotatable bonds is 4. The first-order valence-corrected chi connectivity index (χ1v) is 6.73. The molecule has 1 atom stereocenters. The summed E-state index contributed by atoms with van der Waals surface area (Å²) in [4.78, 5) is 4.70. The van der Waals surface area contributed by atoms with Crippen LogP contribution in [0.2, 0.25) is 0 Å². The van der Waals surface area contributed by atoms with Gasteiger partial charge in [0, 0.05) is 4.88 Å². The Hall–Kier alpha value is -1.56. The van der Waals surface area contributed by atoms with Gasteiger partial charge in [0.1, 0.15) is 11.5 Å². The SMILES string of the molecule is CCC(Nc1cccc(C(F)(F)F)n1)c1cccs1. The van der Waals surface area contributed by atoms with Crippen molar-refractivity contribution in [2.45, 2.75) is 25.6 Å². The van der Waals surface area contributed by atoms with E-state index in [1.807, 2.05) is 24.4 Å².